The molecule has 0 aromatic rings. The van der Waals surface area contributed by atoms with Crippen molar-refractivity contribution in [3.8, 4) is 0 Å². The molecule has 0 aliphatic rings. The first-order valence-electron chi connectivity index (χ1n) is 6.04. The molecular weight excluding hydrogens is 332 g/mol. The highest BCUT2D eigenvalue weighted by molar-refractivity contribution is 8.77. The highest BCUT2D eigenvalue weighted by Gasteiger charge is 2.46. The molecule has 2 unspecified atom stereocenters. The molecular formula is C12H30O6S2Si. The zero-order valence-electron chi connectivity index (χ0n) is 13.4. The van der Waals surface area contributed by atoms with Gasteiger partial charge in [0.2, 0.25) is 0 Å². The van der Waals surface area contributed by atoms with Gasteiger partial charge in [-0.1, -0.05) is 0 Å². The van der Waals surface area contributed by atoms with Crippen molar-refractivity contribution in [1.29, 1.82) is 0 Å². The maximum atomic E-state index is 5.48. The monoisotopic (exact) mass is 362 g/mol. The zero-order valence-corrected chi connectivity index (χ0v) is 15.1. The third-order valence-corrected chi connectivity index (χ3v) is 6.64. The largest absolute Gasteiger partial charge is 0.375 e. The highest BCUT2D eigenvalue weighted by atomic mass is 33.1. The smallest absolute Gasteiger partial charge is 0.254 e. The van der Waals surface area contributed by atoms with Crippen molar-refractivity contribution < 1.29 is 28.4 Å². The summed E-state index contributed by atoms with van der Waals surface area (Å²) in [5, 5.41) is -1.95. The van der Waals surface area contributed by atoms with E-state index >= 15 is 0 Å². The summed E-state index contributed by atoms with van der Waals surface area (Å²) in [6.07, 6.45) is -0.585. The van der Waals surface area contributed by atoms with Crippen LogP contribution in [-0.2, 0) is 28.4 Å². The fourth-order valence-corrected chi connectivity index (χ4v) is 4.80. The van der Waals surface area contributed by atoms with Gasteiger partial charge in [0.25, 0.3) is 10.2 Å². The van der Waals surface area contributed by atoms with Crippen molar-refractivity contribution in [2.24, 2.45) is 0 Å². The Labute approximate surface area is 140 Å². The molecule has 0 saturated heterocycles. The lowest BCUT2D eigenvalue weighted by molar-refractivity contribution is -0.198. The van der Waals surface area contributed by atoms with Gasteiger partial charge in [0.15, 0.2) is 0 Å². The van der Waals surface area contributed by atoms with E-state index in [9.17, 15) is 0 Å². The molecule has 0 fully saturated rings. The van der Waals surface area contributed by atoms with E-state index in [-0.39, 0.29) is 23.2 Å². The number of rotatable bonds is 11. The van der Waals surface area contributed by atoms with Gasteiger partial charge in [-0.15, -0.1) is 0 Å². The highest BCUT2D eigenvalue weighted by Crippen LogP contribution is 2.49. The maximum Gasteiger partial charge on any atom is 0.254 e. The van der Waals surface area contributed by atoms with Crippen molar-refractivity contribution in [3.63, 3.8) is 0 Å². The summed E-state index contributed by atoms with van der Waals surface area (Å²) >= 11 is 0. The minimum Gasteiger partial charge on any atom is -0.375 e. The van der Waals surface area contributed by atoms with Crippen LogP contribution in [0, 0.1) is 0 Å². The topological polar surface area (TPSA) is 55.4 Å². The van der Waals surface area contributed by atoms with Gasteiger partial charge in [-0.3, -0.25) is 0 Å². The normalized spacial score (nSPS) is 15.4. The van der Waals surface area contributed by atoms with Gasteiger partial charge in [0, 0.05) is 42.7 Å². The standard InChI is InChI=1S/C12H26O6S2.H4Si/c1-9(13-3)11(15-5,16-6)19-20-12(17-7,18-8)10(2)14-4;/h9-10H,1-8H3;1H4. The van der Waals surface area contributed by atoms with E-state index in [0.717, 1.165) is 0 Å². The molecule has 0 spiro atoms. The molecule has 0 aromatic carbocycles. The minimum absolute atomic E-state index is 0. The second kappa shape index (κ2) is 11.2. The molecule has 9 heteroatoms. The van der Waals surface area contributed by atoms with E-state index in [1.807, 2.05) is 13.8 Å². The molecule has 0 heterocycles. The van der Waals surface area contributed by atoms with Gasteiger partial charge >= 0.3 is 0 Å². The number of hydrogen-bond acceptors (Lipinski definition) is 8. The van der Waals surface area contributed by atoms with Gasteiger partial charge in [-0.2, -0.15) is 0 Å². The number of hydrogen-bond donors (Lipinski definition) is 0. The van der Waals surface area contributed by atoms with Crippen LogP contribution in [0.4, 0.5) is 0 Å². The van der Waals surface area contributed by atoms with Crippen molar-refractivity contribution in [2.45, 2.75) is 36.3 Å². The zero-order chi connectivity index (χ0) is 15.8. The second-order valence-corrected chi connectivity index (χ2v) is 6.42. The van der Waals surface area contributed by atoms with Crippen LogP contribution >= 0.6 is 21.6 Å². The molecule has 0 bridgehead atoms. The molecule has 0 saturated carbocycles. The Hall–Kier alpha value is 0.677. The average molecular weight is 363 g/mol. The Morgan fingerprint density at radius 2 is 0.857 bits per heavy atom. The first-order chi connectivity index (χ1) is 9.41. The van der Waals surface area contributed by atoms with Crippen molar-refractivity contribution in [3.05, 3.63) is 0 Å². The minimum atomic E-state index is -0.977. The van der Waals surface area contributed by atoms with E-state index in [1.54, 1.807) is 42.7 Å². The maximum absolute atomic E-state index is 5.48. The molecule has 0 N–H and O–H groups in total. The number of ether oxygens (including phenoxy) is 6. The second-order valence-electron chi connectivity index (χ2n) is 3.95. The Balaban J connectivity index is 0. The van der Waals surface area contributed by atoms with Crippen LogP contribution in [0.1, 0.15) is 13.8 Å². The van der Waals surface area contributed by atoms with Crippen molar-refractivity contribution in [2.75, 3.05) is 42.7 Å². The molecule has 6 nitrogen and oxygen atoms in total. The quantitative estimate of drug-likeness (QED) is 0.305. The number of methoxy groups -OCH3 is 6. The van der Waals surface area contributed by atoms with E-state index in [0.29, 0.717) is 0 Å². The Kier molecular flexibility index (Phi) is 12.8. The van der Waals surface area contributed by atoms with Crippen LogP contribution in [-0.4, -0.2) is 76.1 Å². The van der Waals surface area contributed by atoms with E-state index in [2.05, 4.69) is 0 Å². The van der Waals surface area contributed by atoms with Crippen LogP contribution in [0.25, 0.3) is 0 Å². The summed E-state index contributed by atoms with van der Waals surface area (Å²) < 4.78 is 32.6. The lowest BCUT2D eigenvalue weighted by atomic mass is 10.4. The van der Waals surface area contributed by atoms with Crippen molar-refractivity contribution >= 4 is 32.6 Å². The molecule has 0 aliphatic heterocycles. The van der Waals surface area contributed by atoms with Gasteiger partial charge in [-0.25, -0.2) is 0 Å². The average Bonchev–Trinajstić information content (AvgIpc) is 2.51. The molecule has 21 heavy (non-hydrogen) atoms. The van der Waals surface area contributed by atoms with E-state index in [4.69, 9.17) is 28.4 Å². The first kappa shape index (κ1) is 23.9. The summed E-state index contributed by atoms with van der Waals surface area (Å²) in [5.41, 5.74) is 0. The fourth-order valence-electron chi connectivity index (χ4n) is 1.51. The Bertz CT molecular complexity index is 238. The molecule has 0 aliphatic carbocycles. The van der Waals surface area contributed by atoms with Gasteiger partial charge in [0.05, 0.1) is 0 Å². The van der Waals surface area contributed by atoms with Crippen LogP contribution < -0.4 is 0 Å². The van der Waals surface area contributed by atoms with Gasteiger partial charge < -0.3 is 28.4 Å². The Morgan fingerprint density at radius 1 is 0.619 bits per heavy atom. The van der Waals surface area contributed by atoms with E-state index in [1.165, 1.54) is 21.6 Å². The van der Waals surface area contributed by atoms with Gasteiger partial charge in [-0.05, 0) is 46.4 Å². The summed E-state index contributed by atoms with van der Waals surface area (Å²) in [7, 11) is 12.1. The molecule has 130 valence electrons. The summed E-state index contributed by atoms with van der Waals surface area (Å²) in [4.78, 5) is 0. The molecule has 0 rings (SSSR count). The predicted octanol–water partition coefficient (Wildman–Crippen LogP) is 0.879. The van der Waals surface area contributed by atoms with Crippen LogP contribution in [0.3, 0.4) is 0 Å². The third kappa shape index (κ3) is 5.67. The summed E-state index contributed by atoms with van der Waals surface area (Å²) in [6.45, 7) is 3.73. The molecule has 0 aromatic heterocycles. The van der Waals surface area contributed by atoms with Crippen LogP contribution in [0.5, 0.6) is 0 Å². The molecule has 2 atom stereocenters. The SMILES string of the molecule is COC(C)C(OC)(OC)SSC(OC)(OC)C(C)OC.[SiH4]. The Morgan fingerprint density at radius 3 is 1.00 bits per heavy atom. The van der Waals surface area contributed by atoms with Crippen LogP contribution in [0.15, 0.2) is 0 Å². The lowest BCUT2D eigenvalue weighted by Crippen LogP contribution is -2.45. The molecule has 0 radical (unpaired) electrons. The van der Waals surface area contributed by atoms with Gasteiger partial charge in [0.1, 0.15) is 12.2 Å². The lowest BCUT2D eigenvalue weighted by Gasteiger charge is -2.39. The van der Waals surface area contributed by atoms with Crippen LogP contribution in [0.2, 0.25) is 0 Å². The summed E-state index contributed by atoms with van der Waals surface area (Å²) in [5.74, 6) is 0. The fraction of sp³-hybridized carbons (Fsp3) is 1.00. The predicted molar refractivity (Wildman–Crippen MR) is 93.0 cm³/mol. The third-order valence-electron chi connectivity index (χ3n) is 3.11. The van der Waals surface area contributed by atoms with Crippen molar-refractivity contribution in [1.82, 2.24) is 0 Å². The summed E-state index contributed by atoms with van der Waals surface area (Å²) in [6, 6.07) is 0. The molecule has 0 amide bonds. The first-order valence-corrected chi connectivity index (χ1v) is 8.19. The van der Waals surface area contributed by atoms with E-state index < -0.39 is 10.2 Å².